The Balaban J connectivity index is 1.05. The van der Waals surface area contributed by atoms with Crippen LogP contribution in [0.4, 0.5) is 0 Å². The second-order valence-electron chi connectivity index (χ2n) is 13.3. The van der Waals surface area contributed by atoms with E-state index in [1.165, 1.54) is 82.7 Å². The summed E-state index contributed by atoms with van der Waals surface area (Å²) in [6.07, 6.45) is 8.85. The van der Waals surface area contributed by atoms with Crippen molar-refractivity contribution in [1.82, 2.24) is 9.13 Å². The van der Waals surface area contributed by atoms with E-state index in [9.17, 15) is 0 Å². The molecule has 2 nitrogen and oxygen atoms in total. The normalized spacial score (nSPS) is 13.1. The first-order valence-corrected chi connectivity index (χ1v) is 17.5. The summed E-state index contributed by atoms with van der Waals surface area (Å²) < 4.78 is 4.86. The maximum absolute atomic E-state index is 2.46. The van der Waals surface area contributed by atoms with Crippen LogP contribution in [0.1, 0.15) is 12.8 Å². The number of benzene rings is 7. The van der Waals surface area contributed by atoms with Crippen LogP contribution in [0.25, 0.3) is 88.4 Å². The standard InChI is InChI=1S/C48H34N2/c1-3-11-33(12-4-1)34-19-21-35(22-20-34)36-23-27-40(28-24-36)50-46-18-10-8-16-42(46)44-32-38(26-30-48(44)50)37-25-29-47-43(31-37)41-15-7-9-17-45(41)49(47)39-13-5-2-6-14-39/h1-5,7-13,15-32H,6,14H2. The van der Waals surface area contributed by atoms with Crippen molar-refractivity contribution >= 4 is 49.3 Å². The predicted octanol–water partition coefficient (Wildman–Crippen LogP) is 13.1. The molecule has 0 saturated carbocycles. The third kappa shape index (κ3) is 4.64. The Hall–Kier alpha value is -6.38. The zero-order chi connectivity index (χ0) is 33.0. The summed E-state index contributed by atoms with van der Waals surface area (Å²) in [7, 11) is 0. The van der Waals surface area contributed by atoms with Gasteiger partial charge in [-0.1, -0.05) is 127 Å². The van der Waals surface area contributed by atoms with Gasteiger partial charge in [0.05, 0.1) is 22.1 Å². The van der Waals surface area contributed by atoms with Crippen molar-refractivity contribution in [2.24, 2.45) is 0 Å². The van der Waals surface area contributed by atoms with Crippen molar-refractivity contribution in [2.45, 2.75) is 12.8 Å². The van der Waals surface area contributed by atoms with Gasteiger partial charge in [-0.05, 0) is 101 Å². The number of para-hydroxylation sites is 2. The molecule has 0 radical (unpaired) electrons. The molecule has 2 heteroatoms. The minimum atomic E-state index is 1.05. The Morgan fingerprint density at radius 1 is 0.360 bits per heavy atom. The first-order valence-electron chi connectivity index (χ1n) is 17.5. The molecule has 0 aliphatic heterocycles. The molecule has 9 aromatic rings. The summed E-state index contributed by atoms with van der Waals surface area (Å²) in [5.74, 6) is 0. The first-order chi connectivity index (χ1) is 24.8. The molecule has 7 aromatic carbocycles. The van der Waals surface area contributed by atoms with Gasteiger partial charge in [-0.2, -0.15) is 0 Å². The zero-order valence-corrected chi connectivity index (χ0v) is 27.6. The second-order valence-corrected chi connectivity index (χ2v) is 13.3. The summed E-state index contributed by atoms with van der Waals surface area (Å²) in [5.41, 5.74) is 14.9. The summed E-state index contributed by atoms with van der Waals surface area (Å²) in [4.78, 5) is 0. The molecule has 0 fully saturated rings. The Labute approximate surface area is 291 Å². The van der Waals surface area contributed by atoms with E-state index in [2.05, 4.69) is 191 Å². The molecular weight excluding hydrogens is 605 g/mol. The molecule has 2 heterocycles. The largest absolute Gasteiger partial charge is 0.313 e. The highest BCUT2D eigenvalue weighted by Crippen LogP contribution is 2.39. The molecule has 0 saturated heterocycles. The van der Waals surface area contributed by atoms with Crippen LogP contribution in [0.2, 0.25) is 0 Å². The van der Waals surface area contributed by atoms with Gasteiger partial charge < -0.3 is 9.13 Å². The van der Waals surface area contributed by atoms with Gasteiger partial charge >= 0.3 is 0 Å². The number of nitrogens with zero attached hydrogens (tertiary/aromatic N) is 2. The van der Waals surface area contributed by atoms with Crippen LogP contribution in [-0.2, 0) is 0 Å². The molecule has 1 aliphatic carbocycles. The Morgan fingerprint density at radius 3 is 1.40 bits per heavy atom. The van der Waals surface area contributed by atoms with Gasteiger partial charge in [0.15, 0.2) is 0 Å². The van der Waals surface area contributed by atoms with Crippen molar-refractivity contribution in [3.8, 4) is 39.1 Å². The van der Waals surface area contributed by atoms with Gasteiger partial charge in [-0.25, -0.2) is 0 Å². The van der Waals surface area contributed by atoms with Gasteiger partial charge in [0.1, 0.15) is 0 Å². The minimum absolute atomic E-state index is 1.05. The average molecular weight is 639 g/mol. The fraction of sp³-hybridized carbons (Fsp3) is 0.0417. The van der Waals surface area contributed by atoms with Crippen LogP contribution >= 0.6 is 0 Å². The zero-order valence-electron chi connectivity index (χ0n) is 27.6. The molecule has 50 heavy (non-hydrogen) atoms. The maximum atomic E-state index is 2.46. The van der Waals surface area contributed by atoms with Crippen molar-refractivity contribution in [3.05, 3.63) is 182 Å². The molecule has 1 aliphatic rings. The number of hydrogen-bond donors (Lipinski definition) is 0. The Kier molecular flexibility index (Phi) is 6.67. The monoisotopic (exact) mass is 638 g/mol. The highest BCUT2D eigenvalue weighted by Gasteiger charge is 2.17. The molecule has 0 bridgehead atoms. The van der Waals surface area contributed by atoms with Crippen molar-refractivity contribution < 1.29 is 0 Å². The van der Waals surface area contributed by atoms with Gasteiger partial charge in [0.25, 0.3) is 0 Å². The van der Waals surface area contributed by atoms with E-state index in [-0.39, 0.29) is 0 Å². The van der Waals surface area contributed by atoms with E-state index >= 15 is 0 Å². The second kappa shape index (κ2) is 11.6. The highest BCUT2D eigenvalue weighted by molar-refractivity contribution is 6.13. The van der Waals surface area contributed by atoms with Crippen LogP contribution in [0.5, 0.6) is 0 Å². The van der Waals surface area contributed by atoms with Crippen molar-refractivity contribution in [3.63, 3.8) is 0 Å². The predicted molar refractivity (Wildman–Crippen MR) is 213 cm³/mol. The van der Waals surface area contributed by atoms with E-state index in [1.54, 1.807) is 0 Å². The van der Waals surface area contributed by atoms with Crippen molar-refractivity contribution in [1.29, 1.82) is 0 Å². The summed E-state index contributed by atoms with van der Waals surface area (Å²) in [5, 5.41) is 5.12. The molecule has 0 N–H and O–H groups in total. The van der Waals surface area contributed by atoms with Crippen molar-refractivity contribution in [2.75, 3.05) is 0 Å². The lowest BCUT2D eigenvalue weighted by molar-refractivity contribution is 0.979. The third-order valence-corrected chi connectivity index (χ3v) is 10.4. The number of hydrogen-bond acceptors (Lipinski definition) is 0. The maximum Gasteiger partial charge on any atom is 0.0541 e. The topological polar surface area (TPSA) is 9.86 Å². The van der Waals surface area contributed by atoms with E-state index in [4.69, 9.17) is 0 Å². The molecule has 0 amide bonds. The lowest BCUT2D eigenvalue weighted by Crippen LogP contribution is -1.98. The van der Waals surface area contributed by atoms with Crippen LogP contribution in [0.15, 0.2) is 182 Å². The summed E-state index contributed by atoms with van der Waals surface area (Å²) in [6, 6.07) is 60.0. The van der Waals surface area contributed by atoms with Crippen LogP contribution < -0.4 is 0 Å². The number of allylic oxidation sites excluding steroid dienone is 4. The molecule has 0 atom stereocenters. The Bertz CT molecular complexity index is 2770. The lowest BCUT2D eigenvalue weighted by Gasteiger charge is -2.14. The third-order valence-electron chi connectivity index (χ3n) is 10.4. The van der Waals surface area contributed by atoms with E-state index in [0.717, 1.165) is 18.5 Å². The SMILES string of the molecule is C1=CCCC(n2c3ccccc3c3cc(-c4ccc5c(c4)c4ccccc4n5-c4ccc(-c5ccc(-c6ccccc6)cc5)cc4)ccc32)=C1. The molecule has 2 aromatic heterocycles. The quantitative estimate of drug-likeness (QED) is 0.178. The summed E-state index contributed by atoms with van der Waals surface area (Å²) in [6.45, 7) is 0. The first kappa shape index (κ1) is 28.6. The highest BCUT2D eigenvalue weighted by atomic mass is 15.0. The van der Waals surface area contributed by atoms with Gasteiger partial charge in [-0.15, -0.1) is 0 Å². The van der Waals surface area contributed by atoms with E-state index < -0.39 is 0 Å². The summed E-state index contributed by atoms with van der Waals surface area (Å²) >= 11 is 0. The number of aromatic nitrogens is 2. The van der Waals surface area contributed by atoms with E-state index in [1.807, 2.05) is 0 Å². The number of fused-ring (bicyclic) bond motifs is 6. The molecule has 236 valence electrons. The minimum Gasteiger partial charge on any atom is -0.313 e. The van der Waals surface area contributed by atoms with E-state index in [0.29, 0.717) is 0 Å². The number of rotatable bonds is 5. The fourth-order valence-electron chi connectivity index (χ4n) is 7.96. The average Bonchev–Trinajstić information content (AvgIpc) is 3.71. The molecule has 0 unspecified atom stereocenters. The molecule has 0 spiro atoms. The fourth-order valence-corrected chi connectivity index (χ4v) is 7.96. The smallest absolute Gasteiger partial charge is 0.0541 e. The van der Waals surface area contributed by atoms with Crippen LogP contribution in [-0.4, -0.2) is 9.13 Å². The molecular formula is C48H34N2. The van der Waals surface area contributed by atoms with Gasteiger partial charge in [0.2, 0.25) is 0 Å². The molecule has 10 rings (SSSR count). The Morgan fingerprint density at radius 2 is 0.820 bits per heavy atom. The lowest BCUT2D eigenvalue weighted by atomic mass is 10.00. The van der Waals surface area contributed by atoms with Gasteiger partial charge in [-0.3, -0.25) is 0 Å². The van der Waals surface area contributed by atoms with Crippen LogP contribution in [0.3, 0.4) is 0 Å². The van der Waals surface area contributed by atoms with Crippen LogP contribution in [0, 0.1) is 0 Å². The van der Waals surface area contributed by atoms with Gasteiger partial charge in [0, 0.05) is 32.9 Å².